The van der Waals surface area contributed by atoms with Gasteiger partial charge in [0, 0.05) is 0 Å². The van der Waals surface area contributed by atoms with Crippen molar-refractivity contribution in [3.63, 3.8) is 0 Å². The fourth-order valence-electron chi connectivity index (χ4n) is 0.457. The van der Waals surface area contributed by atoms with Gasteiger partial charge >= 0.3 is 18.9 Å². The molecule has 1 nitrogen and oxygen atoms in total. The molecule has 9 heavy (non-hydrogen) atoms. The summed E-state index contributed by atoms with van der Waals surface area (Å²) < 4.78 is 0. The van der Waals surface area contributed by atoms with Crippen LogP contribution in [0.5, 0.6) is 5.75 Å². The van der Waals surface area contributed by atoms with Crippen LogP contribution in [0.1, 0.15) is 0 Å². The van der Waals surface area contributed by atoms with Crippen LogP contribution in [0.25, 0.3) is 0 Å². The molecule has 3 heteroatoms. The summed E-state index contributed by atoms with van der Waals surface area (Å²) in [5.74, 6) is -0.0177. The quantitative estimate of drug-likeness (QED) is 0.322. The molecule has 0 N–H and O–H groups in total. The minimum absolute atomic E-state index is 0. The fourth-order valence-corrected chi connectivity index (χ4v) is 0.618. The summed E-state index contributed by atoms with van der Waals surface area (Å²) in [5, 5.41) is 10.5. The number of benzene rings is 1. The van der Waals surface area contributed by atoms with Crippen molar-refractivity contribution < 1.29 is 24.0 Å². The predicted molar refractivity (Wildman–Crippen MR) is 33.1 cm³/mol. The summed E-state index contributed by atoms with van der Waals surface area (Å²) >= 11 is 3.89. The maximum atomic E-state index is 10.5. The molecule has 0 fully saturated rings. The van der Waals surface area contributed by atoms with E-state index in [0.717, 1.165) is 0 Å². The molecule has 0 bridgehead atoms. The Labute approximate surface area is 71.7 Å². The van der Waals surface area contributed by atoms with Crippen LogP contribution >= 0.6 is 12.6 Å². The fraction of sp³-hybridized carbons (Fsp3) is 0. The van der Waals surface area contributed by atoms with Crippen LogP contribution in [0.15, 0.2) is 29.2 Å². The molecule has 0 aliphatic carbocycles. The Morgan fingerprint density at radius 3 is 2.11 bits per heavy atom. The van der Waals surface area contributed by atoms with Crippen molar-refractivity contribution >= 4 is 12.6 Å². The zero-order chi connectivity index (χ0) is 5.98. The topological polar surface area (TPSA) is 23.1 Å². The molecule has 1 aromatic carbocycles. The van der Waals surface area contributed by atoms with E-state index in [4.69, 9.17) is 0 Å². The van der Waals surface area contributed by atoms with Gasteiger partial charge in [-0.15, -0.1) is 12.6 Å². The number of thiol groups is 1. The van der Waals surface area contributed by atoms with E-state index in [1.54, 1.807) is 18.2 Å². The number of para-hydroxylation sites is 1. The third-order valence-corrected chi connectivity index (χ3v) is 1.23. The van der Waals surface area contributed by atoms with Crippen LogP contribution in [0, 0.1) is 0 Å². The van der Waals surface area contributed by atoms with Crippen LogP contribution in [0.4, 0.5) is 0 Å². The SMILES string of the molecule is [Li+].[O-]c1ccccc1S. The van der Waals surface area contributed by atoms with E-state index in [1.807, 2.05) is 0 Å². The van der Waals surface area contributed by atoms with E-state index in [-0.39, 0.29) is 24.6 Å². The molecular formula is C6H5LiOS. The number of hydrogen-bond acceptors (Lipinski definition) is 2. The van der Waals surface area contributed by atoms with Gasteiger partial charge in [0.05, 0.1) is 0 Å². The van der Waals surface area contributed by atoms with Gasteiger partial charge in [-0.05, 0) is 11.0 Å². The van der Waals surface area contributed by atoms with Crippen LogP contribution in [0.3, 0.4) is 0 Å². The van der Waals surface area contributed by atoms with Gasteiger partial charge in [-0.25, -0.2) is 0 Å². The Balaban J connectivity index is 0.000000640. The van der Waals surface area contributed by atoms with E-state index in [1.165, 1.54) is 6.07 Å². The first-order chi connectivity index (χ1) is 3.80. The Morgan fingerprint density at radius 1 is 1.22 bits per heavy atom. The van der Waals surface area contributed by atoms with Crippen LogP contribution in [-0.4, -0.2) is 0 Å². The molecule has 0 saturated heterocycles. The van der Waals surface area contributed by atoms with Gasteiger partial charge in [0.25, 0.3) is 0 Å². The molecule has 0 aromatic heterocycles. The number of rotatable bonds is 0. The second-order valence-electron chi connectivity index (χ2n) is 1.47. The van der Waals surface area contributed by atoms with Crippen molar-refractivity contribution in [3.05, 3.63) is 24.3 Å². The molecule has 0 unspecified atom stereocenters. The van der Waals surface area contributed by atoms with E-state index >= 15 is 0 Å². The van der Waals surface area contributed by atoms with Crippen molar-refractivity contribution in [2.24, 2.45) is 0 Å². The molecule has 1 rings (SSSR count). The maximum absolute atomic E-state index is 10.5. The second-order valence-corrected chi connectivity index (χ2v) is 1.95. The van der Waals surface area contributed by atoms with E-state index in [9.17, 15) is 5.11 Å². The zero-order valence-corrected chi connectivity index (χ0v) is 6.06. The van der Waals surface area contributed by atoms with Gasteiger partial charge in [0.15, 0.2) is 0 Å². The molecule has 42 valence electrons. The Bertz CT molecular complexity index is 169. The van der Waals surface area contributed by atoms with Crippen molar-refractivity contribution in [1.82, 2.24) is 0 Å². The smallest absolute Gasteiger partial charge is 0.872 e. The largest absolute Gasteiger partial charge is 1.00 e. The Morgan fingerprint density at radius 2 is 1.78 bits per heavy atom. The molecule has 0 radical (unpaired) electrons. The normalized spacial score (nSPS) is 8.11. The first-order valence-electron chi connectivity index (χ1n) is 2.26. The van der Waals surface area contributed by atoms with Crippen LogP contribution < -0.4 is 24.0 Å². The van der Waals surface area contributed by atoms with Gasteiger partial charge in [0.1, 0.15) is 0 Å². The standard InChI is InChI=1S/C6H6OS.Li/c7-5-3-1-2-4-6(5)8;/h1-4,7-8H;/q;+1/p-1. The molecule has 0 saturated carbocycles. The summed E-state index contributed by atoms with van der Waals surface area (Å²) in [6.07, 6.45) is 0. The van der Waals surface area contributed by atoms with Gasteiger partial charge in [-0.2, -0.15) is 0 Å². The molecular weight excluding hydrogens is 127 g/mol. The van der Waals surface area contributed by atoms with Crippen molar-refractivity contribution in [2.75, 3.05) is 0 Å². The molecule has 0 aliphatic rings. The van der Waals surface area contributed by atoms with Crippen molar-refractivity contribution in [2.45, 2.75) is 4.90 Å². The second kappa shape index (κ2) is 3.89. The predicted octanol–water partition coefficient (Wildman–Crippen LogP) is -1.95. The van der Waals surface area contributed by atoms with Gasteiger partial charge in [-0.1, -0.05) is 23.9 Å². The summed E-state index contributed by atoms with van der Waals surface area (Å²) in [7, 11) is 0. The zero-order valence-electron chi connectivity index (χ0n) is 5.16. The van der Waals surface area contributed by atoms with E-state index in [0.29, 0.717) is 4.90 Å². The van der Waals surface area contributed by atoms with Gasteiger partial charge < -0.3 is 5.11 Å². The third kappa shape index (κ3) is 2.36. The molecule has 0 spiro atoms. The summed E-state index contributed by atoms with van der Waals surface area (Å²) in [4.78, 5) is 0.507. The minimum atomic E-state index is -0.0177. The monoisotopic (exact) mass is 132 g/mol. The number of hydrogen-bond donors (Lipinski definition) is 1. The first kappa shape index (κ1) is 8.97. The van der Waals surface area contributed by atoms with Crippen LogP contribution in [0.2, 0.25) is 0 Å². The van der Waals surface area contributed by atoms with Crippen molar-refractivity contribution in [3.8, 4) is 5.75 Å². The van der Waals surface area contributed by atoms with E-state index < -0.39 is 0 Å². The maximum Gasteiger partial charge on any atom is 1.00 e. The third-order valence-electron chi connectivity index (χ3n) is 0.865. The average Bonchev–Trinajstić information content (AvgIpc) is 1.77. The summed E-state index contributed by atoms with van der Waals surface area (Å²) in [5.41, 5.74) is 0. The van der Waals surface area contributed by atoms with Gasteiger partial charge in [0.2, 0.25) is 0 Å². The first-order valence-corrected chi connectivity index (χ1v) is 2.70. The minimum Gasteiger partial charge on any atom is -0.872 e. The molecule has 0 atom stereocenters. The Kier molecular flexibility index (Phi) is 3.88. The van der Waals surface area contributed by atoms with Crippen molar-refractivity contribution in [1.29, 1.82) is 0 Å². The average molecular weight is 132 g/mol. The summed E-state index contributed by atoms with van der Waals surface area (Å²) in [6.45, 7) is 0. The molecule has 1 aromatic rings. The van der Waals surface area contributed by atoms with E-state index in [2.05, 4.69) is 12.6 Å². The van der Waals surface area contributed by atoms with Crippen LogP contribution in [-0.2, 0) is 0 Å². The Hall–Kier alpha value is -0.0326. The molecule has 0 amide bonds. The molecule has 0 heterocycles. The summed E-state index contributed by atoms with van der Waals surface area (Å²) in [6, 6.07) is 6.64. The molecule has 0 aliphatic heterocycles. The van der Waals surface area contributed by atoms with Gasteiger partial charge in [-0.3, -0.25) is 0 Å².